The fourth-order valence-corrected chi connectivity index (χ4v) is 3.65. The molecule has 0 aliphatic carbocycles. The van der Waals surface area contributed by atoms with E-state index in [0.717, 1.165) is 23.1 Å². The number of anilines is 1. The number of hydrogen-bond acceptors (Lipinski definition) is 5. The topological polar surface area (TPSA) is 73.0 Å². The highest BCUT2D eigenvalue weighted by Gasteiger charge is 2.41. The highest BCUT2D eigenvalue weighted by Crippen LogP contribution is 2.33. The van der Waals surface area contributed by atoms with Crippen LogP contribution in [-0.2, 0) is 16.1 Å². The van der Waals surface area contributed by atoms with Gasteiger partial charge in [0.1, 0.15) is 0 Å². The zero-order valence-electron chi connectivity index (χ0n) is 13.8. The van der Waals surface area contributed by atoms with Crippen LogP contribution in [0.5, 0.6) is 0 Å². The number of rotatable bonds is 2. The molecule has 7 nitrogen and oxygen atoms in total. The second kappa shape index (κ2) is 6.11. The van der Waals surface area contributed by atoms with Crippen molar-refractivity contribution in [2.75, 3.05) is 31.1 Å². The minimum absolute atomic E-state index is 0.0859. The summed E-state index contributed by atoms with van der Waals surface area (Å²) in [7, 11) is 0. The van der Waals surface area contributed by atoms with Gasteiger partial charge < -0.3 is 10.2 Å². The molecule has 8 heteroatoms. The monoisotopic (exact) mass is 346 g/mol. The molecule has 0 bridgehead atoms. The number of halogens is 1. The van der Waals surface area contributed by atoms with Crippen molar-refractivity contribution in [3.05, 3.63) is 29.1 Å². The van der Waals surface area contributed by atoms with Crippen molar-refractivity contribution in [1.82, 2.24) is 15.3 Å². The van der Waals surface area contributed by atoms with E-state index >= 15 is 4.39 Å². The van der Waals surface area contributed by atoms with Crippen molar-refractivity contribution in [1.29, 1.82) is 0 Å². The zero-order chi connectivity index (χ0) is 17.6. The van der Waals surface area contributed by atoms with Gasteiger partial charge in [0.05, 0.1) is 12.2 Å². The van der Waals surface area contributed by atoms with E-state index in [1.165, 1.54) is 0 Å². The lowest BCUT2D eigenvalue weighted by Gasteiger charge is -2.32. The van der Waals surface area contributed by atoms with Crippen LogP contribution in [0.4, 0.5) is 10.1 Å². The van der Waals surface area contributed by atoms with Gasteiger partial charge in [-0.1, -0.05) is 0 Å². The Morgan fingerprint density at radius 3 is 2.36 bits per heavy atom. The van der Waals surface area contributed by atoms with E-state index in [0.29, 0.717) is 25.2 Å². The standard InChI is InChI=1S/C17H19FN4O3/c18-16-12-10-21(22-14(23)2-1-3-15(22)24)17(25)11(12)4-5-13(16)20-8-6-19-7-9-20/h4-5,19H,1-3,6-10H2. The van der Waals surface area contributed by atoms with Gasteiger partial charge in [-0.3, -0.25) is 14.4 Å². The highest BCUT2D eigenvalue weighted by molar-refractivity contribution is 6.04. The van der Waals surface area contributed by atoms with Gasteiger partial charge in [-0.15, -0.1) is 0 Å². The van der Waals surface area contributed by atoms with E-state index in [4.69, 9.17) is 0 Å². The number of hydrazine groups is 1. The summed E-state index contributed by atoms with van der Waals surface area (Å²) in [5, 5.41) is 5.20. The molecule has 25 heavy (non-hydrogen) atoms. The molecule has 0 spiro atoms. The van der Waals surface area contributed by atoms with Gasteiger partial charge in [0.2, 0.25) is 11.8 Å². The predicted octanol–water partition coefficient (Wildman–Crippen LogP) is 0.645. The molecule has 2 fully saturated rings. The SMILES string of the molecule is O=C1c2ccc(N3CCNCC3)c(F)c2CN1N1C(=O)CCCC1=O. The summed E-state index contributed by atoms with van der Waals surface area (Å²) in [6.45, 7) is 2.85. The first-order valence-corrected chi connectivity index (χ1v) is 8.52. The molecule has 1 aromatic rings. The molecule has 3 amide bonds. The number of piperidine rings is 1. The summed E-state index contributed by atoms with van der Waals surface area (Å²) in [5.41, 5.74) is 0.945. The second-order valence-corrected chi connectivity index (χ2v) is 6.48. The molecular weight excluding hydrogens is 327 g/mol. The van der Waals surface area contributed by atoms with Crippen LogP contribution in [0.2, 0.25) is 0 Å². The first-order valence-electron chi connectivity index (χ1n) is 8.52. The average molecular weight is 346 g/mol. The molecule has 0 saturated carbocycles. The molecule has 0 unspecified atom stereocenters. The smallest absolute Gasteiger partial charge is 0.273 e. The van der Waals surface area contributed by atoms with Crippen LogP contribution in [-0.4, -0.2) is 53.9 Å². The normalized spacial score (nSPS) is 21.2. The van der Waals surface area contributed by atoms with Gasteiger partial charge in [-0.2, -0.15) is 5.01 Å². The number of piperazine rings is 1. The average Bonchev–Trinajstić information content (AvgIpc) is 2.94. The first-order chi connectivity index (χ1) is 12.1. The molecule has 1 N–H and O–H groups in total. The number of nitrogens with one attached hydrogen (secondary N) is 1. The minimum atomic E-state index is -0.496. The molecule has 3 aliphatic rings. The van der Waals surface area contributed by atoms with Gasteiger partial charge in [0, 0.05) is 50.1 Å². The summed E-state index contributed by atoms with van der Waals surface area (Å²) >= 11 is 0. The third-order valence-corrected chi connectivity index (χ3v) is 4.95. The van der Waals surface area contributed by atoms with Crippen molar-refractivity contribution in [2.45, 2.75) is 25.8 Å². The van der Waals surface area contributed by atoms with E-state index < -0.39 is 23.5 Å². The second-order valence-electron chi connectivity index (χ2n) is 6.48. The van der Waals surface area contributed by atoms with Crippen molar-refractivity contribution in [3.63, 3.8) is 0 Å². The zero-order valence-corrected chi connectivity index (χ0v) is 13.8. The Kier molecular flexibility index (Phi) is 3.91. The van der Waals surface area contributed by atoms with E-state index in [1.54, 1.807) is 12.1 Å². The van der Waals surface area contributed by atoms with Crippen LogP contribution in [0.3, 0.4) is 0 Å². The number of imide groups is 1. The molecule has 0 radical (unpaired) electrons. The molecule has 3 aliphatic heterocycles. The van der Waals surface area contributed by atoms with E-state index in [-0.39, 0.29) is 30.5 Å². The third-order valence-electron chi connectivity index (χ3n) is 4.95. The van der Waals surface area contributed by atoms with E-state index in [2.05, 4.69) is 5.32 Å². The van der Waals surface area contributed by atoms with Crippen LogP contribution in [0.1, 0.15) is 35.2 Å². The number of carbonyl (C=O) groups excluding carboxylic acids is 3. The number of benzene rings is 1. The van der Waals surface area contributed by atoms with Crippen LogP contribution in [0.15, 0.2) is 12.1 Å². The van der Waals surface area contributed by atoms with Crippen molar-refractivity contribution >= 4 is 23.4 Å². The molecule has 0 aromatic heterocycles. The fourth-order valence-electron chi connectivity index (χ4n) is 3.65. The third kappa shape index (κ3) is 2.57. The van der Waals surface area contributed by atoms with Gasteiger partial charge in [-0.05, 0) is 18.6 Å². The Hall–Kier alpha value is -2.48. The van der Waals surface area contributed by atoms with E-state index in [9.17, 15) is 14.4 Å². The highest BCUT2D eigenvalue weighted by atomic mass is 19.1. The fraction of sp³-hybridized carbons (Fsp3) is 0.471. The van der Waals surface area contributed by atoms with Crippen LogP contribution in [0, 0.1) is 5.82 Å². The van der Waals surface area contributed by atoms with Crippen LogP contribution < -0.4 is 10.2 Å². The summed E-state index contributed by atoms with van der Waals surface area (Å²) < 4.78 is 15.0. The van der Waals surface area contributed by atoms with Gasteiger partial charge in [-0.25, -0.2) is 9.40 Å². The lowest BCUT2D eigenvalue weighted by atomic mass is 10.1. The molecule has 4 rings (SSSR count). The number of fused-ring (bicyclic) bond motifs is 1. The molecule has 0 atom stereocenters. The number of hydrogen-bond donors (Lipinski definition) is 1. The Morgan fingerprint density at radius 2 is 1.68 bits per heavy atom. The van der Waals surface area contributed by atoms with Gasteiger partial charge >= 0.3 is 0 Å². The predicted molar refractivity (Wildman–Crippen MR) is 87.1 cm³/mol. The maximum Gasteiger partial charge on any atom is 0.273 e. The summed E-state index contributed by atoms with van der Waals surface area (Å²) in [4.78, 5) is 38.7. The molecule has 2 saturated heterocycles. The summed E-state index contributed by atoms with van der Waals surface area (Å²) in [6.07, 6.45) is 0.936. The lowest BCUT2D eigenvalue weighted by molar-refractivity contribution is -0.163. The number of amides is 3. The van der Waals surface area contributed by atoms with Crippen molar-refractivity contribution in [3.8, 4) is 0 Å². The maximum atomic E-state index is 15.0. The largest absolute Gasteiger partial charge is 0.367 e. The quantitative estimate of drug-likeness (QED) is 0.796. The van der Waals surface area contributed by atoms with Crippen LogP contribution >= 0.6 is 0 Å². The summed E-state index contributed by atoms with van der Waals surface area (Å²) in [5.74, 6) is -1.74. The maximum absolute atomic E-state index is 15.0. The molecule has 3 heterocycles. The number of nitrogens with zero attached hydrogens (tertiary/aromatic N) is 3. The van der Waals surface area contributed by atoms with Crippen molar-refractivity contribution < 1.29 is 18.8 Å². The lowest BCUT2D eigenvalue weighted by Crippen LogP contribution is -2.52. The Labute approximate surface area is 144 Å². The minimum Gasteiger partial charge on any atom is -0.367 e. The summed E-state index contributed by atoms with van der Waals surface area (Å²) in [6, 6.07) is 3.21. The Morgan fingerprint density at radius 1 is 1.00 bits per heavy atom. The van der Waals surface area contributed by atoms with E-state index in [1.807, 2.05) is 4.90 Å². The number of carbonyl (C=O) groups is 3. The Bertz CT molecular complexity index is 745. The van der Waals surface area contributed by atoms with Crippen molar-refractivity contribution in [2.24, 2.45) is 0 Å². The molecule has 132 valence electrons. The van der Waals surface area contributed by atoms with Gasteiger partial charge in [0.25, 0.3) is 5.91 Å². The van der Waals surface area contributed by atoms with Gasteiger partial charge in [0.15, 0.2) is 5.82 Å². The first kappa shape index (κ1) is 16.0. The molecular formula is C17H19FN4O3. The van der Waals surface area contributed by atoms with Crippen LogP contribution in [0.25, 0.3) is 0 Å². The molecule has 1 aromatic carbocycles. The Balaban J connectivity index is 1.66.